The third kappa shape index (κ3) is 4.00. The lowest BCUT2D eigenvalue weighted by atomic mass is 10.0. The van der Waals surface area contributed by atoms with Gasteiger partial charge in [0.2, 0.25) is 0 Å². The summed E-state index contributed by atoms with van der Waals surface area (Å²) in [5.41, 5.74) is 2.75. The number of benzene rings is 1. The van der Waals surface area contributed by atoms with E-state index in [1.54, 1.807) is 0 Å². The fourth-order valence-corrected chi connectivity index (χ4v) is 3.51. The van der Waals surface area contributed by atoms with Gasteiger partial charge in [-0.3, -0.25) is 0 Å². The Balaban J connectivity index is 1.42. The molecule has 1 aromatic rings. The van der Waals surface area contributed by atoms with Crippen LogP contribution in [0.5, 0.6) is 5.75 Å². The molecule has 1 heterocycles. The first kappa shape index (κ1) is 14.9. The molecule has 1 fully saturated rings. The number of ether oxygens (including phenoxy) is 1. The highest BCUT2D eigenvalue weighted by atomic mass is 16.5. The summed E-state index contributed by atoms with van der Waals surface area (Å²) in [5, 5.41) is 3.74. The number of fused-ring (bicyclic) bond motifs is 1. The molecule has 116 valence electrons. The van der Waals surface area contributed by atoms with Crippen molar-refractivity contribution in [3.8, 4) is 5.75 Å². The molecule has 1 aromatic carbocycles. The van der Waals surface area contributed by atoms with Crippen LogP contribution < -0.4 is 10.1 Å². The lowest BCUT2D eigenvalue weighted by molar-refractivity contribution is 0.213. The van der Waals surface area contributed by atoms with Gasteiger partial charge in [-0.05, 0) is 69.5 Å². The van der Waals surface area contributed by atoms with Gasteiger partial charge in [-0.1, -0.05) is 24.6 Å². The Labute approximate surface area is 129 Å². The maximum atomic E-state index is 6.08. The molecule has 0 bridgehead atoms. The van der Waals surface area contributed by atoms with E-state index in [1.165, 1.54) is 56.2 Å². The highest BCUT2D eigenvalue weighted by molar-refractivity contribution is 5.40. The van der Waals surface area contributed by atoms with E-state index >= 15 is 0 Å². The number of rotatable bonds is 8. The third-order valence-electron chi connectivity index (χ3n) is 4.85. The summed E-state index contributed by atoms with van der Waals surface area (Å²) in [6.45, 7) is 5.58. The Hall–Kier alpha value is -1.02. The molecule has 3 rings (SSSR count). The minimum absolute atomic E-state index is 0.410. The summed E-state index contributed by atoms with van der Waals surface area (Å²) in [4.78, 5) is 0. The van der Waals surface area contributed by atoms with Crippen molar-refractivity contribution in [2.45, 2.75) is 70.9 Å². The molecule has 0 aromatic heterocycles. The van der Waals surface area contributed by atoms with Gasteiger partial charge in [0.15, 0.2) is 0 Å². The summed E-state index contributed by atoms with van der Waals surface area (Å²) in [6.07, 6.45) is 9.43. The van der Waals surface area contributed by atoms with Crippen molar-refractivity contribution in [2.75, 3.05) is 6.54 Å². The number of hydrogen-bond donors (Lipinski definition) is 1. The van der Waals surface area contributed by atoms with Crippen molar-refractivity contribution in [3.63, 3.8) is 0 Å². The standard InChI is InChI=1S/C19H29NO/c1-3-11-20-18(15-8-9-15)6-4-5-17-13-16-12-14(2)7-10-19(16)21-17/h7,10,12,15,17-18,20H,3-6,8-9,11,13H2,1-2H3. The quantitative estimate of drug-likeness (QED) is 0.772. The monoisotopic (exact) mass is 287 g/mol. The fourth-order valence-electron chi connectivity index (χ4n) is 3.51. The van der Waals surface area contributed by atoms with E-state index in [2.05, 4.69) is 37.4 Å². The van der Waals surface area contributed by atoms with Crippen molar-refractivity contribution < 1.29 is 4.74 Å². The first-order valence-corrected chi connectivity index (χ1v) is 8.76. The van der Waals surface area contributed by atoms with Crippen LogP contribution in [-0.4, -0.2) is 18.7 Å². The van der Waals surface area contributed by atoms with E-state index < -0.39 is 0 Å². The second-order valence-electron chi connectivity index (χ2n) is 6.88. The van der Waals surface area contributed by atoms with Crippen LogP contribution in [0.15, 0.2) is 18.2 Å². The molecular formula is C19H29NO. The molecule has 0 spiro atoms. The van der Waals surface area contributed by atoms with Crippen LogP contribution in [-0.2, 0) is 6.42 Å². The first-order valence-electron chi connectivity index (χ1n) is 8.76. The van der Waals surface area contributed by atoms with Crippen molar-refractivity contribution in [2.24, 2.45) is 5.92 Å². The minimum Gasteiger partial charge on any atom is -0.490 e. The van der Waals surface area contributed by atoms with Crippen molar-refractivity contribution in [1.82, 2.24) is 5.32 Å². The van der Waals surface area contributed by atoms with Gasteiger partial charge >= 0.3 is 0 Å². The lowest BCUT2D eigenvalue weighted by Crippen LogP contribution is -2.32. The van der Waals surface area contributed by atoms with Crippen LogP contribution >= 0.6 is 0 Å². The average Bonchev–Trinajstić information content (AvgIpc) is 3.23. The SMILES string of the molecule is CCCNC(CCCC1Cc2cc(C)ccc2O1)C1CC1. The van der Waals surface area contributed by atoms with Gasteiger partial charge in [0.05, 0.1) is 0 Å². The van der Waals surface area contributed by atoms with Crippen LogP contribution in [0.3, 0.4) is 0 Å². The van der Waals surface area contributed by atoms with E-state index in [9.17, 15) is 0 Å². The molecule has 21 heavy (non-hydrogen) atoms. The second kappa shape index (κ2) is 6.83. The fraction of sp³-hybridized carbons (Fsp3) is 0.684. The molecule has 1 aliphatic carbocycles. The van der Waals surface area contributed by atoms with E-state index in [0.29, 0.717) is 6.10 Å². The average molecular weight is 287 g/mol. The maximum Gasteiger partial charge on any atom is 0.123 e. The Kier molecular flexibility index (Phi) is 4.84. The highest BCUT2D eigenvalue weighted by Gasteiger charge is 2.30. The largest absolute Gasteiger partial charge is 0.490 e. The lowest BCUT2D eigenvalue weighted by Gasteiger charge is -2.19. The number of nitrogens with one attached hydrogen (secondary N) is 1. The Morgan fingerprint density at radius 1 is 1.33 bits per heavy atom. The van der Waals surface area contributed by atoms with Gasteiger partial charge in [-0.25, -0.2) is 0 Å². The molecule has 2 atom stereocenters. The Bertz CT molecular complexity index is 467. The molecule has 1 aliphatic heterocycles. The molecule has 1 N–H and O–H groups in total. The summed E-state index contributed by atoms with van der Waals surface area (Å²) >= 11 is 0. The van der Waals surface area contributed by atoms with Crippen LogP contribution in [0, 0.1) is 12.8 Å². The maximum absolute atomic E-state index is 6.08. The van der Waals surface area contributed by atoms with Crippen LogP contribution in [0.1, 0.15) is 56.6 Å². The van der Waals surface area contributed by atoms with E-state index in [1.807, 2.05) is 0 Å². The number of hydrogen-bond acceptors (Lipinski definition) is 2. The number of aryl methyl sites for hydroxylation is 1. The molecule has 2 aliphatic rings. The predicted molar refractivity (Wildman–Crippen MR) is 88.0 cm³/mol. The molecule has 0 saturated heterocycles. The van der Waals surface area contributed by atoms with Crippen LogP contribution in [0.4, 0.5) is 0 Å². The van der Waals surface area contributed by atoms with Crippen molar-refractivity contribution >= 4 is 0 Å². The normalized spacial score (nSPS) is 21.9. The molecule has 2 unspecified atom stereocenters. The van der Waals surface area contributed by atoms with E-state index in [0.717, 1.165) is 24.1 Å². The second-order valence-corrected chi connectivity index (χ2v) is 6.88. The van der Waals surface area contributed by atoms with Gasteiger partial charge in [-0.15, -0.1) is 0 Å². The highest BCUT2D eigenvalue weighted by Crippen LogP contribution is 2.36. The first-order chi connectivity index (χ1) is 10.3. The van der Waals surface area contributed by atoms with Crippen molar-refractivity contribution in [1.29, 1.82) is 0 Å². The summed E-state index contributed by atoms with van der Waals surface area (Å²) in [6, 6.07) is 7.33. The zero-order valence-corrected chi connectivity index (χ0v) is 13.5. The zero-order valence-electron chi connectivity index (χ0n) is 13.5. The molecule has 2 nitrogen and oxygen atoms in total. The third-order valence-corrected chi connectivity index (χ3v) is 4.85. The van der Waals surface area contributed by atoms with Crippen LogP contribution in [0.2, 0.25) is 0 Å². The summed E-state index contributed by atoms with van der Waals surface area (Å²) in [7, 11) is 0. The Morgan fingerprint density at radius 2 is 2.19 bits per heavy atom. The zero-order chi connectivity index (χ0) is 14.7. The van der Waals surface area contributed by atoms with E-state index in [-0.39, 0.29) is 0 Å². The molecule has 0 radical (unpaired) electrons. The van der Waals surface area contributed by atoms with Gasteiger partial charge in [-0.2, -0.15) is 0 Å². The molecular weight excluding hydrogens is 258 g/mol. The van der Waals surface area contributed by atoms with Crippen molar-refractivity contribution in [3.05, 3.63) is 29.3 Å². The molecule has 1 saturated carbocycles. The molecule has 0 amide bonds. The smallest absolute Gasteiger partial charge is 0.123 e. The Morgan fingerprint density at radius 3 is 2.95 bits per heavy atom. The van der Waals surface area contributed by atoms with Gasteiger partial charge in [0, 0.05) is 12.5 Å². The van der Waals surface area contributed by atoms with Gasteiger partial charge in [0.1, 0.15) is 11.9 Å². The van der Waals surface area contributed by atoms with Gasteiger partial charge < -0.3 is 10.1 Å². The summed E-state index contributed by atoms with van der Waals surface area (Å²) in [5.74, 6) is 2.08. The van der Waals surface area contributed by atoms with E-state index in [4.69, 9.17) is 4.74 Å². The molecule has 2 heteroatoms. The predicted octanol–water partition coefficient (Wildman–Crippen LogP) is 4.25. The summed E-state index contributed by atoms with van der Waals surface area (Å²) < 4.78 is 6.08. The minimum atomic E-state index is 0.410. The topological polar surface area (TPSA) is 21.3 Å². The van der Waals surface area contributed by atoms with Gasteiger partial charge in [0.25, 0.3) is 0 Å². The van der Waals surface area contributed by atoms with Crippen LogP contribution in [0.25, 0.3) is 0 Å².